The van der Waals surface area contributed by atoms with Gasteiger partial charge in [-0.15, -0.1) is 0 Å². The van der Waals surface area contributed by atoms with Gasteiger partial charge in [-0.3, -0.25) is 0 Å². The minimum absolute atomic E-state index is 0.268. The van der Waals surface area contributed by atoms with E-state index in [0.717, 1.165) is 13.0 Å². The van der Waals surface area contributed by atoms with Crippen molar-refractivity contribution in [1.29, 1.82) is 0 Å². The molecule has 0 aliphatic heterocycles. The van der Waals surface area contributed by atoms with E-state index in [1.807, 2.05) is 0 Å². The fraction of sp³-hybridized carbons (Fsp3) is 1.00. The maximum Gasteiger partial charge on any atom is 0.0704 e. The third kappa shape index (κ3) is 14.0. The maximum atomic E-state index is 5.74. The fourth-order valence-corrected chi connectivity index (χ4v) is 1.43. The van der Waals surface area contributed by atoms with E-state index >= 15 is 0 Å². The molecule has 0 aromatic rings. The summed E-state index contributed by atoms with van der Waals surface area (Å²) in [5.74, 6) is 0. The molecule has 1 unspecified atom stereocenters. The SMILES string of the molecule is CCC(CNC(C)C)OCCOCCOCCOC. The van der Waals surface area contributed by atoms with Gasteiger partial charge in [0, 0.05) is 19.7 Å². The number of ether oxygens (including phenoxy) is 4. The lowest BCUT2D eigenvalue weighted by molar-refractivity contribution is -0.0169. The molecule has 0 heterocycles. The molecule has 0 aliphatic rings. The number of rotatable bonds is 14. The highest BCUT2D eigenvalue weighted by atomic mass is 16.6. The van der Waals surface area contributed by atoms with Crippen LogP contribution in [0.5, 0.6) is 0 Å². The molecule has 116 valence electrons. The summed E-state index contributed by atoms with van der Waals surface area (Å²) in [6, 6.07) is 0.498. The van der Waals surface area contributed by atoms with Crippen LogP contribution in [0.2, 0.25) is 0 Å². The Morgan fingerprint density at radius 1 is 0.895 bits per heavy atom. The van der Waals surface area contributed by atoms with Crippen molar-refractivity contribution in [1.82, 2.24) is 5.32 Å². The fourth-order valence-electron chi connectivity index (χ4n) is 1.43. The van der Waals surface area contributed by atoms with Crippen molar-refractivity contribution in [2.75, 3.05) is 53.3 Å². The lowest BCUT2D eigenvalue weighted by Crippen LogP contribution is -2.33. The van der Waals surface area contributed by atoms with Crippen LogP contribution in [0.25, 0.3) is 0 Å². The molecule has 0 amide bonds. The van der Waals surface area contributed by atoms with Gasteiger partial charge < -0.3 is 24.3 Å². The first-order chi connectivity index (χ1) is 9.20. The lowest BCUT2D eigenvalue weighted by Gasteiger charge is -2.18. The van der Waals surface area contributed by atoms with Gasteiger partial charge in [-0.25, -0.2) is 0 Å². The van der Waals surface area contributed by atoms with Crippen LogP contribution in [0.3, 0.4) is 0 Å². The minimum Gasteiger partial charge on any atom is -0.382 e. The number of hydrogen-bond donors (Lipinski definition) is 1. The van der Waals surface area contributed by atoms with E-state index in [2.05, 4.69) is 26.1 Å². The molecule has 1 atom stereocenters. The lowest BCUT2D eigenvalue weighted by atomic mass is 10.2. The summed E-state index contributed by atoms with van der Waals surface area (Å²) in [5, 5.41) is 3.38. The van der Waals surface area contributed by atoms with Gasteiger partial charge in [0.2, 0.25) is 0 Å². The number of hydrogen-bond acceptors (Lipinski definition) is 5. The smallest absolute Gasteiger partial charge is 0.0704 e. The summed E-state index contributed by atoms with van der Waals surface area (Å²) in [4.78, 5) is 0. The Hall–Kier alpha value is -0.200. The molecular weight excluding hydrogens is 246 g/mol. The Labute approximate surface area is 117 Å². The monoisotopic (exact) mass is 277 g/mol. The van der Waals surface area contributed by atoms with Crippen LogP contribution in [0.1, 0.15) is 27.2 Å². The second-order valence-electron chi connectivity index (χ2n) is 4.68. The second kappa shape index (κ2) is 14.2. The van der Waals surface area contributed by atoms with Crippen molar-refractivity contribution < 1.29 is 18.9 Å². The van der Waals surface area contributed by atoms with E-state index in [9.17, 15) is 0 Å². The molecule has 0 rings (SSSR count). The van der Waals surface area contributed by atoms with Crippen molar-refractivity contribution in [2.24, 2.45) is 0 Å². The standard InChI is InChI=1S/C14H31NO4/c1-5-14(12-15-13(2)3)19-11-10-18-9-8-17-7-6-16-4/h13-15H,5-12H2,1-4H3. The van der Waals surface area contributed by atoms with E-state index in [0.29, 0.717) is 45.7 Å². The molecule has 5 nitrogen and oxygen atoms in total. The summed E-state index contributed by atoms with van der Waals surface area (Å²) >= 11 is 0. The molecule has 19 heavy (non-hydrogen) atoms. The Kier molecular flexibility index (Phi) is 14.1. The van der Waals surface area contributed by atoms with Crippen LogP contribution in [0, 0.1) is 0 Å². The van der Waals surface area contributed by atoms with Crippen LogP contribution in [-0.2, 0) is 18.9 Å². The average molecular weight is 277 g/mol. The predicted molar refractivity (Wildman–Crippen MR) is 76.7 cm³/mol. The normalized spacial score (nSPS) is 13.1. The van der Waals surface area contributed by atoms with Crippen LogP contribution in [0.15, 0.2) is 0 Å². The molecule has 0 spiro atoms. The van der Waals surface area contributed by atoms with E-state index in [1.54, 1.807) is 7.11 Å². The molecule has 0 aromatic carbocycles. The largest absolute Gasteiger partial charge is 0.382 e. The molecular formula is C14H31NO4. The Morgan fingerprint density at radius 3 is 2.00 bits per heavy atom. The third-order valence-corrected chi connectivity index (χ3v) is 2.59. The van der Waals surface area contributed by atoms with Crippen LogP contribution >= 0.6 is 0 Å². The summed E-state index contributed by atoms with van der Waals surface area (Å²) in [7, 11) is 1.66. The number of nitrogens with one attached hydrogen (secondary N) is 1. The Bertz CT molecular complexity index is 179. The van der Waals surface area contributed by atoms with Crippen molar-refractivity contribution in [3.05, 3.63) is 0 Å². The van der Waals surface area contributed by atoms with Crippen molar-refractivity contribution in [3.8, 4) is 0 Å². The molecule has 5 heteroatoms. The van der Waals surface area contributed by atoms with E-state index in [4.69, 9.17) is 18.9 Å². The summed E-state index contributed by atoms with van der Waals surface area (Å²) in [6.45, 7) is 11.0. The van der Waals surface area contributed by atoms with Gasteiger partial charge in [-0.05, 0) is 6.42 Å². The minimum atomic E-state index is 0.268. The molecule has 0 radical (unpaired) electrons. The highest BCUT2D eigenvalue weighted by Gasteiger charge is 2.06. The highest BCUT2D eigenvalue weighted by molar-refractivity contribution is 4.62. The van der Waals surface area contributed by atoms with E-state index in [1.165, 1.54) is 0 Å². The third-order valence-electron chi connectivity index (χ3n) is 2.59. The van der Waals surface area contributed by atoms with Gasteiger partial charge in [0.15, 0.2) is 0 Å². The van der Waals surface area contributed by atoms with Crippen LogP contribution in [0.4, 0.5) is 0 Å². The molecule has 0 aromatic heterocycles. The molecule has 0 aliphatic carbocycles. The van der Waals surface area contributed by atoms with Gasteiger partial charge in [0.05, 0.1) is 45.7 Å². The highest BCUT2D eigenvalue weighted by Crippen LogP contribution is 1.97. The van der Waals surface area contributed by atoms with Gasteiger partial charge >= 0.3 is 0 Å². The zero-order valence-corrected chi connectivity index (χ0v) is 12.9. The molecule has 1 N–H and O–H groups in total. The molecule has 0 fully saturated rings. The molecule has 0 saturated carbocycles. The first-order valence-electron chi connectivity index (χ1n) is 7.20. The van der Waals surface area contributed by atoms with E-state index < -0.39 is 0 Å². The van der Waals surface area contributed by atoms with Crippen LogP contribution < -0.4 is 5.32 Å². The van der Waals surface area contributed by atoms with Crippen molar-refractivity contribution >= 4 is 0 Å². The maximum absolute atomic E-state index is 5.74. The Morgan fingerprint density at radius 2 is 1.47 bits per heavy atom. The number of methoxy groups -OCH3 is 1. The van der Waals surface area contributed by atoms with E-state index in [-0.39, 0.29) is 6.10 Å². The van der Waals surface area contributed by atoms with Crippen LogP contribution in [-0.4, -0.2) is 65.4 Å². The van der Waals surface area contributed by atoms with Gasteiger partial charge in [0.25, 0.3) is 0 Å². The van der Waals surface area contributed by atoms with Gasteiger partial charge in [-0.2, -0.15) is 0 Å². The quantitative estimate of drug-likeness (QED) is 0.487. The summed E-state index contributed by atoms with van der Waals surface area (Å²) < 4.78 is 21.3. The van der Waals surface area contributed by atoms with Gasteiger partial charge in [-0.1, -0.05) is 20.8 Å². The van der Waals surface area contributed by atoms with Crippen molar-refractivity contribution in [3.63, 3.8) is 0 Å². The van der Waals surface area contributed by atoms with Gasteiger partial charge in [0.1, 0.15) is 0 Å². The second-order valence-corrected chi connectivity index (χ2v) is 4.68. The first-order valence-corrected chi connectivity index (χ1v) is 7.20. The first kappa shape index (κ1) is 18.8. The predicted octanol–water partition coefficient (Wildman–Crippen LogP) is 1.46. The summed E-state index contributed by atoms with van der Waals surface area (Å²) in [6.07, 6.45) is 1.28. The Balaban J connectivity index is 3.26. The summed E-state index contributed by atoms with van der Waals surface area (Å²) in [5.41, 5.74) is 0. The topological polar surface area (TPSA) is 49.0 Å². The average Bonchev–Trinajstić information content (AvgIpc) is 2.40. The van der Waals surface area contributed by atoms with Crippen molar-refractivity contribution in [2.45, 2.75) is 39.3 Å². The molecule has 0 bridgehead atoms. The molecule has 0 saturated heterocycles. The zero-order valence-electron chi connectivity index (χ0n) is 12.9. The zero-order chi connectivity index (χ0) is 14.3.